The Morgan fingerprint density at radius 2 is 1.50 bits per heavy atom. The first-order valence-corrected chi connectivity index (χ1v) is 11.8. The van der Waals surface area contributed by atoms with Gasteiger partial charge in [0.05, 0.1) is 22.5 Å². The summed E-state index contributed by atoms with van der Waals surface area (Å²) in [5.41, 5.74) is 1.59. The maximum Gasteiger partial charge on any atom is 0.307 e. The van der Waals surface area contributed by atoms with E-state index in [4.69, 9.17) is 14.6 Å². The van der Waals surface area contributed by atoms with Crippen LogP contribution in [-0.2, 0) is 11.2 Å². The molecular formula is C25H22Br2F2O5. The summed E-state index contributed by atoms with van der Waals surface area (Å²) in [7, 11) is 1.49. The molecule has 180 valence electrons. The average Bonchev–Trinajstić information content (AvgIpc) is 2.74. The molecule has 0 aliphatic rings. The summed E-state index contributed by atoms with van der Waals surface area (Å²) in [6.45, 7) is 3.93. The highest BCUT2D eigenvalue weighted by molar-refractivity contribution is 9.11. The molecule has 0 amide bonds. The largest absolute Gasteiger partial charge is 0.496 e. The topological polar surface area (TPSA) is 76.0 Å². The molecule has 0 fully saturated rings. The van der Waals surface area contributed by atoms with Gasteiger partial charge in [0.2, 0.25) is 0 Å². The lowest BCUT2D eigenvalue weighted by atomic mass is 9.94. The molecule has 0 aromatic heterocycles. The van der Waals surface area contributed by atoms with Crippen LogP contribution in [0.15, 0.2) is 51.4 Å². The number of methoxy groups -OCH3 is 1. The lowest BCUT2D eigenvalue weighted by Crippen LogP contribution is -2.07. The van der Waals surface area contributed by atoms with Crippen LogP contribution < -0.4 is 9.47 Å². The Kier molecular flexibility index (Phi) is 8.33. The van der Waals surface area contributed by atoms with E-state index < -0.39 is 23.7 Å². The van der Waals surface area contributed by atoms with Gasteiger partial charge in [0, 0.05) is 17.2 Å². The first-order valence-electron chi connectivity index (χ1n) is 10.2. The highest BCUT2D eigenvalue weighted by Crippen LogP contribution is 2.44. The van der Waals surface area contributed by atoms with Crippen LogP contribution in [0.25, 0.3) is 0 Å². The minimum atomic E-state index is -1.42. The summed E-state index contributed by atoms with van der Waals surface area (Å²) >= 11 is 6.82. The fourth-order valence-electron chi connectivity index (χ4n) is 3.53. The van der Waals surface area contributed by atoms with Crippen LogP contribution >= 0.6 is 31.9 Å². The molecule has 3 aromatic rings. The Morgan fingerprint density at radius 3 is 2.00 bits per heavy atom. The smallest absolute Gasteiger partial charge is 0.307 e. The third kappa shape index (κ3) is 5.95. The molecule has 2 N–H and O–H groups in total. The van der Waals surface area contributed by atoms with E-state index in [1.54, 1.807) is 24.3 Å². The van der Waals surface area contributed by atoms with E-state index in [1.807, 2.05) is 13.8 Å². The van der Waals surface area contributed by atoms with Crippen molar-refractivity contribution in [2.75, 3.05) is 7.11 Å². The maximum absolute atomic E-state index is 13.8. The van der Waals surface area contributed by atoms with Gasteiger partial charge >= 0.3 is 5.97 Å². The number of ether oxygens (including phenoxy) is 2. The highest BCUT2D eigenvalue weighted by Gasteiger charge is 2.23. The molecular weight excluding hydrogens is 578 g/mol. The van der Waals surface area contributed by atoms with Gasteiger partial charge in [-0.05, 0) is 85.3 Å². The summed E-state index contributed by atoms with van der Waals surface area (Å²) in [5, 5.41) is 20.1. The van der Waals surface area contributed by atoms with Crippen molar-refractivity contribution < 1.29 is 33.3 Å². The van der Waals surface area contributed by atoms with Crippen molar-refractivity contribution >= 4 is 37.8 Å². The minimum Gasteiger partial charge on any atom is -0.496 e. The molecule has 3 rings (SSSR count). The van der Waals surface area contributed by atoms with E-state index in [0.29, 0.717) is 26.0 Å². The molecule has 0 saturated carbocycles. The van der Waals surface area contributed by atoms with E-state index in [0.717, 1.165) is 23.8 Å². The number of aliphatic hydroxyl groups is 1. The predicted octanol–water partition coefficient (Wildman–Crippen LogP) is 7.12. The van der Waals surface area contributed by atoms with E-state index in [9.17, 15) is 18.7 Å². The van der Waals surface area contributed by atoms with Crippen LogP contribution in [0.3, 0.4) is 0 Å². The number of rotatable bonds is 8. The Bertz CT molecular complexity index is 1190. The monoisotopic (exact) mass is 598 g/mol. The zero-order valence-electron chi connectivity index (χ0n) is 18.5. The lowest BCUT2D eigenvalue weighted by molar-refractivity contribution is -0.136. The zero-order chi connectivity index (χ0) is 25.2. The Balaban J connectivity index is 2.15. The van der Waals surface area contributed by atoms with Crippen LogP contribution in [0.5, 0.6) is 17.2 Å². The molecule has 0 bridgehead atoms. The number of hydrogen-bond acceptors (Lipinski definition) is 4. The van der Waals surface area contributed by atoms with Gasteiger partial charge in [-0.15, -0.1) is 0 Å². The second kappa shape index (κ2) is 10.8. The summed E-state index contributed by atoms with van der Waals surface area (Å²) < 4.78 is 40.3. The second-order valence-electron chi connectivity index (χ2n) is 7.95. The van der Waals surface area contributed by atoms with Crippen molar-refractivity contribution in [1.29, 1.82) is 0 Å². The number of halogens is 4. The summed E-state index contributed by atoms with van der Waals surface area (Å²) in [5.74, 6) is -1.49. The number of hydrogen-bond donors (Lipinski definition) is 2. The molecule has 0 aliphatic carbocycles. The van der Waals surface area contributed by atoms with Gasteiger partial charge in [-0.2, -0.15) is 0 Å². The maximum atomic E-state index is 13.8. The molecule has 9 heteroatoms. The van der Waals surface area contributed by atoms with Crippen molar-refractivity contribution in [2.45, 2.75) is 32.3 Å². The molecule has 1 unspecified atom stereocenters. The average molecular weight is 600 g/mol. The van der Waals surface area contributed by atoms with Crippen molar-refractivity contribution in [2.24, 2.45) is 0 Å². The normalized spacial score (nSPS) is 12.0. The Hall–Kier alpha value is -2.49. The molecule has 0 heterocycles. The van der Waals surface area contributed by atoms with Crippen LogP contribution in [0.4, 0.5) is 8.78 Å². The molecule has 5 nitrogen and oxygen atoms in total. The number of aliphatic hydroxyl groups excluding tert-OH is 1. The van der Waals surface area contributed by atoms with Crippen LogP contribution in [-0.4, -0.2) is 23.3 Å². The first kappa shape index (κ1) is 26.1. The third-order valence-corrected chi connectivity index (χ3v) is 6.28. The van der Waals surface area contributed by atoms with Crippen molar-refractivity contribution in [1.82, 2.24) is 0 Å². The number of benzene rings is 3. The van der Waals surface area contributed by atoms with Gasteiger partial charge in [-0.3, -0.25) is 4.79 Å². The van der Waals surface area contributed by atoms with Crippen LogP contribution in [0, 0.1) is 11.6 Å². The number of carboxylic acids is 1. The lowest BCUT2D eigenvalue weighted by Gasteiger charge is -2.22. The van der Waals surface area contributed by atoms with Gasteiger partial charge in [0.25, 0.3) is 0 Å². The van der Waals surface area contributed by atoms with Gasteiger partial charge in [-0.25, -0.2) is 8.78 Å². The van der Waals surface area contributed by atoms with E-state index in [1.165, 1.54) is 7.11 Å². The summed E-state index contributed by atoms with van der Waals surface area (Å²) in [6, 6.07) is 9.36. The van der Waals surface area contributed by atoms with Crippen LogP contribution in [0.1, 0.15) is 48.1 Å². The quantitative estimate of drug-likeness (QED) is 0.288. The van der Waals surface area contributed by atoms with Crippen molar-refractivity contribution in [3.8, 4) is 17.2 Å². The zero-order valence-corrected chi connectivity index (χ0v) is 21.7. The van der Waals surface area contributed by atoms with Gasteiger partial charge in [0.15, 0.2) is 5.75 Å². The van der Waals surface area contributed by atoms with E-state index in [2.05, 4.69) is 31.9 Å². The fourth-order valence-corrected chi connectivity index (χ4v) is 4.97. The van der Waals surface area contributed by atoms with Crippen molar-refractivity contribution in [3.63, 3.8) is 0 Å². The van der Waals surface area contributed by atoms with E-state index >= 15 is 0 Å². The number of carboxylic acid groups (broad SMARTS) is 1. The molecule has 0 saturated heterocycles. The van der Waals surface area contributed by atoms with E-state index in [-0.39, 0.29) is 29.2 Å². The first-order chi connectivity index (χ1) is 16.0. The SMILES string of the molecule is COc1cc(C(O)c2cc(F)cc(F)c2)c(Oc2c(Br)cc(CC(=O)O)cc2Br)cc1C(C)C. The molecule has 34 heavy (non-hydrogen) atoms. The number of aliphatic carboxylic acids is 1. The Morgan fingerprint density at radius 1 is 0.941 bits per heavy atom. The highest BCUT2D eigenvalue weighted by atomic mass is 79.9. The summed E-state index contributed by atoms with van der Waals surface area (Å²) in [6.07, 6.45) is -1.59. The molecule has 3 aromatic carbocycles. The molecule has 1 atom stereocenters. The van der Waals surface area contributed by atoms with Crippen LogP contribution in [0.2, 0.25) is 0 Å². The third-order valence-electron chi connectivity index (χ3n) is 5.10. The second-order valence-corrected chi connectivity index (χ2v) is 9.66. The van der Waals surface area contributed by atoms with Gasteiger partial charge in [0.1, 0.15) is 29.2 Å². The molecule has 0 aliphatic heterocycles. The predicted molar refractivity (Wildman–Crippen MR) is 131 cm³/mol. The summed E-state index contributed by atoms with van der Waals surface area (Å²) in [4.78, 5) is 11.1. The fraction of sp³-hybridized carbons (Fsp3) is 0.240. The Labute approximate surface area is 212 Å². The number of carbonyl (C=O) groups is 1. The van der Waals surface area contributed by atoms with Gasteiger partial charge in [-0.1, -0.05) is 13.8 Å². The van der Waals surface area contributed by atoms with Crippen molar-refractivity contribution in [3.05, 3.63) is 85.3 Å². The van der Waals surface area contributed by atoms with Gasteiger partial charge < -0.3 is 19.7 Å². The minimum absolute atomic E-state index is 0.0108. The molecule has 0 spiro atoms. The standard InChI is InChI=1S/C25H22Br2F2O5/c1-12(2)17-10-22(34-25-19(26)4-13(5-20(25)27)6-23(30)31)18(11-21(17)33-3)24(32)14-7-15(28)9-16(29)8-14/h4-5,7-12,24,32H,6H2,1-3H3,(H,30,31). The molecule has 0 radical (unpaired) electrons.